The first-order chi connectivity index (χ1) is 12.4. The molecule has 140 valence electrons. The number of hydrogen-bond donors (Lipinski definition) is 1. The van der Waals surface area contributed by atoms with Crippen molar-refractivity contribution in [2.24, 2.45) is 0 Å². The van der Waals surface area contributed by atoms with Crippen molar-refractivity contribution < 1.29 is 14.3 Å². The van der Waals surface area contributed by atoms with Gasteiger partial charge in [-0.25, -0.2) is 9.37 Å². The number of likely N-dealkylation sites (N-methyl/N-ethyl adjacent to an activating group) is 1. The van der Waals surface area contributed by atoms with Crippen LogP contribution in [0.5, 0.6) is 0 Å². The Labute approximate surface area is 157 Å². The number of piperidine rings is 1. The molecule has 1 saturated heterocycles. The zero-order chi connectivity index (χ0) is 18.7. The molecular formula is C19H24FN3O2S. The molecule has 0 unspecified atom stereocenters. The molecule has 0 saturated carbocycles. The van der Waals surface area contributed by atoms with Gasteiger partial charge >= 0.3 is 0 Å². The molecule has 1 amide bonds. The molecule has 26 heavy (non-hydrogen) atoms. The molecule has 0 spiro atoms. The number of halogens is 1. The lowest BCUT2D eigenvalue weighted by atomic mass is 9.90. The molecule has 0 radical (unpaired) electrons. The Morgan fingerprint density at radius 2 is 2.12 bits per heavy atom. The van der Waals surface area contributed by atoms with Gasteiger partial charge in [0, 0.05) is 31.6 Å². The van der Waals surface area contributed by atoms with Crippen LogP contribution in [0.25, 0.3) is 0 Å². The van der Waals surface area contributed by atoms with Gasteiger partial charge in [-0.05, 0) is 44.5 Å². The van der Waals surface area contributed by atoms with E-state index in [-0.39, 0.29) is 18.3 Å². The molecule has 3 rings (SSSR count). The molecule has 1 aliphatic heterocycles. The summed E-state index contributed by atoms with van der Waals surface area (Å²) in [6.45, 7) is 3.81. The van der Waals surface area contributed by atoms with Gasteiger partial charge in [0.05, 0.1) is 10.7 Å². The monoisotopic (exact) mass is 377 g/mol. The Hall–Kier alpha value is -1.83. The van der Waals surface area contributed by atoms with Crippen LogP contribution in [0, 0.1) is 12.7 Å². The number of carbonyl (C=O) groups is 1. The van der Waals surface area contributed by atoms with Gasteiger partial charge in [0.15, 0.2) is 5.60 Å². The first kappa shape index (κ1) is 18.9. The van der Waals surface area contributed by atoms with E-state index in [1.54, 1.807) is 28.4 Å². The molecular weight excluding hydrogens is 353 g/mol. The minimum absolute atomic E-state index is 0.255. The van der Waals surface area contributed by atoms with Gasteiger partial charge in [0.2, 0.25) is 0 Å². The second kappa shape index (κ2) is 7.82. The highest BCUT2D eigenvalue weighted by Crippen LogP contribution is 2.25. The zero-order valence-electron chi connectivity index (χ0n) is 15.1. The average molecular weight is 377 g/mol. The fraction of sp³-hybridized carbons (Fsp3) is 0.474. The molecule has 5 nitrogen and oxygen atoms in total. The van der Waals surface area contributed by atoms with Crippen LogP contribution < -0.4 is 0 Å². The summed E-state index contributed by atoms with van der Waals surface area (Å²) in [6, 6.07) is 6.12. The highest BCUT2D eigenvalue weighted by atomic mass is 32.1. The summed E-state index contributed by atoms with van der Waals surface area (Å²) in [6.07, 6.45) is 1.19. The number of nitrogens with zero attached hydrogens (tertiary/aromatic N) is 3. The van der Waals surface area contributed by atoms with Crippen LogP contribution in [0.4, 0.5) is 4.39 Å². The van der Waals surface area contributed by atoms with Gasteiger partial charge < -0.3 is 10.0 Å². The van der Waals surface area contributed by atoms with E-state index in [9.17, 15) is 14.3 Å². The maximum absolute atomic E-state index is 13.1. The summed E-state index contributed by atoms with van der Waals surface area (Å²) < 4.78 is 13.1. The van der Waals surface area contributed by atoms with E-state index < -0.39 is 5.60 Å². The standard InChI is InChI=1S/C19H24FN3O2S/c1-14-21-17(12-26-14)11-22(2)13-19(25)8-3-9-23(18(19)24)10-15-4-6-16(20)7-5-15/h4-7,12,25H,3,8-11,13H2,1-2H3/t19-/m0/s1. The maximum atomic E-state index is 13.1. The first-order valence-electron chi connectivity index (χ1n) is 8.71. The van der Waals surface area contributed by atoms with Crippen LogP contribution >= 0.6 is 11.3 Å². The number of aliphatic hydroxyl groups is 1. The molecule has 1 atom stereocenters. The SMILES string of the molecule is Cc1nc(CN(C)C[C@@]2(O)CCCN(Cc3ccc(F)cc3)C2=O)cs1. The Bertz CT molecular complexity index is 764. The number of benzene rings is 1. The third kappa shape index (κ3) is 4.47. The van der Waals surface area contributed by atoms with Gasteiger partial charge in [-0.2, -0.15) is 0 Å². The first-order valence-corrected chi connectivity index (χ1v) is 9.59. The minimum Gasteiger partial charge on any atom is -0.379 e. The molecule has 1 N–H and O–H groups in total. The predicted molar refractivity (Wildman–Crippen MR) is 99.2 cm³/mol. The predicted octanol–water partition coefficient (Wildman–Crippen LogP) is 2.58. The highest BCUT2D eigenvalue weighted by molar-refractivity contribution is 7.09. The van der Waals surface area contributed by atoms with Crippen molar-refractivity contribution in [1.82, 2.24) is 14.8 Å². The van der Waals surface area contributed by atoms with Crippen LogP contribution in [0.15, 0.2) is 29.6 Å². The topological polar surface area (TPSA) is 56.7 Å². The van der Waals surface area contributed by atoms with Gasteiger partial charge in [-0.15, -0.1) is 11.3 Å². The molecule has 2 heterocycles. The molecule has 7 heteroatoms. The van der Waals surface area contributed by atoms with Crippen molar-refractivity contribution >= 4 is 17.2 Å². The normalized spacial score (nSPS) is 20.8. The molecule has 2 aromatic rings. The van der Waals surface area contributed by atoms with E-state index in [1.807, 2.05) is 24.3 Å². The van der Waals surface area contributed by atoms with E-state index in [4.69, 9.17) is 0 Å². The molecule has 0 aliphatic carbocycles. The second-order valence-electron chi connectivity index (χ2n) is 7.02. The Morgan fingerprint density at radius 3 is 2.77 bits per heavy atom. The summed E-state index contributed by atoms with van der Waals surface area (Å²) >= 11 is 1.59. The third-order valence-corrected chi connectivity index (χ3v) is 5.44. The molecule has 1 fully saturated rings. The number of hydrogen-bond acceptors (Lipinski definition) is 5. The van der Waals surface area contributed by atoms with Crippen molar-refractivity contribution in [2.75, 3.05) is 20.1 Å². The number of likely N-dealkylation sites (tertiary alicyclic amines) is 1. The number of aromatic nitrogens is 1. The second-order valence-corrected chi connectivity index (χ2v) is 8.08. The number of rotatable bonds is 6. The summed E-state index contributed by atoms with van der Waals surface area (Å²) in [5, 5.41) is 14.0. The van der Waals surface area contributed by atoms with Crippen molar-refractivity contribution in [1.29, 1.82) is 0 Å². The van der Waals surface area contributed by atoms with E-state index in [1.165, 1.54) is 12.1 Å². The minimum atomic E-state index is -1.39. The largest absolute Gasteiger partial charge is 0.379 e. The van der Waals surface area contributed by atoms with E-state index in [2.05, 4.69) is 4.98 Å². The van der Waals surface area contributed by atoms with Crippen molar-refractivity contribution in [3.8, 4) is 0 Å². The lowest BCUT2D eigenvalue weighted by molar-refractivity contribution is -0.160. The van der Waals surface area contributed by atoms with Crippen LogP contribution in [-0.4, -0.2) is 51.5 Å². The smallest absolute Gasteiger partial charge is 0.256 e. The van der Waals surface area contributed by atoms with Crippen LogP contribution in [0.3, 0.4) is 0 Å². The molecule has 1 aromatic heterocycles. The number of amides is 1. The Balaban J connectivity index is 1.64. The van der Waals surface area contributed by atoms with Crippen LogP contribution in [0.1, 0.15) is 29.1 Å². The van der Waals surface area contributed by atoms with Crippen molar-refractivity contribution in [3.05, 3.63) is 51.7 Å². The fourth-order valence-corrected chi connectivity index (χ4v) is 4.04. The van der Waals surface area contributed by atoms with Gasteiger partial charge in [0.1, 0.15) is 5.82 Å². The van der Waals surface area contributed by atoms with Crippen LogP contribution in [-0.2, 0) is 17.9 Å². The molecule has 0 bridgehead atoms. The summed E-state index contributed by atoms with van der Waals surface area (Å²) in [4.78, 5) is 20.9. The van der Waals surface area contributed by atoms with Gasteiger partial charge in [-0.1, -0.05) is 12.1 Å². The number of aryl methyl sites for hydroxylation is 1. The average Bonchev–Trinajstić information content (AvgIpc) is 2.98. The summed E-state index contributed by atoms with van der Waals surface area (Å²) in [5.74, 6) is -0.552. The Kier molecular flexibility index (Phi) is 5.70. The highest BCUT2D eigenvalue weighted by Gasteiger charge is 2.42. The zero-order valence-corrected chi connectivity index (χ0v) is 15.9. The quantitative estimate of drug-likeness (QED) is 0.841. The summed E-state index contributed by atoms with van der Waals surface area (Å²) in [5.41, 5.74) is 0.415. The third-order valence-electron chi connectivity index (χ3n) is 4.62. The fourth-order valence-electron chi connectivity index (χ4n) is 3.43. The lowest BCUT2D eigenvalue weighted by Crippen LogP contribution is -2.57. The van der Waals surface area contributed by atoms with E-state index in [0.29, 0.717) is 26.1 Å². The van der Waals surface area contributed by atoms with E-state index >= 15 is 0 Å². The van der Waals surface area contributed by atoms with Crippen molar-refractivity contribution in [2.45, 2.75) is 38.5 Å². The number of carbonyl (C=O) groups excluding carboxylic acids is 1. The molecule has 1 aromatic carbocycles. The maximum Gasteiger partial charge on any atom is 0.256 e. The number of thiazole rings is 1. The molecule has 1 aliphatic rings. The summed E-state index contributed by atoms with van der Waals surface area (Å²) in [7, 11) is 1.89. The van der Waals surface area contributed by atoms with Gasteiger partial charge in [-0.3, -0.25) is 9.69 Å². The lowest BCUT2D eigenvalue weighted by Gasteiger charge is -2.40. The van der Waals surface area contributed by atoms with Gasteiger partial charge in [0.25, 0.3) is 5.91 Å². The van der Waals surface area contributed by atoms with E-state index in [0.717, 1.165) is 22.7 Å². The van der Waals surface area contributed by atoms with Crippen LogP contribution in [0.2, 0.25) is 0 Å². The Morgan fingerprint density at radius 1 is 1.38 bits per heavy atom. The van der Waals surface area contributed by atoms with Crippen molar-refractivity contribution in [3.63, 3.8) is 0 Å².